The summed E-state index contributed by atoms with van der Waals surface area (Å²) in [4.78, 5) is 11.9. The highest BCUT2D eigenvalue weighted by molar-refractivity contribution is 7.89. The van der Waals surface area contributed by atoms with Crippen molar-refractivity contribution >= 4 is 15.9 Å². The summed E-state index contributed by atoms with van der Waals surface area (Å²) in [5, 5.41) is 12.4. The topological polar surface area (TPSA) is 95.5 Å². The number of nitrogens with one attached hydrogen (secondary N) is 2. The van der Waals surface area contributed by atoms with Gasteiger partial charge in [0.15, 0.2) is 0 Å². The smallest absolute Gasteiger partial charge is 0.240 e. The molecule has 6 nitrogen and oxygen atoms in total. The Bertz CT molecular complexity index is 812. The van der Waals surface area contributed by atoms with E-state index in [0.29, 0.717) is 5.56 Å². The molecule has 1 atom stereocenters. The van der Waals surface area contributed by atoms with Crippen molar-refractivity contribution in [2.24, 2.45) is 0 Å². The maximum absolute atomic E-state index is 13.1. The third-order valence-electron chi connectivity index (χ3n) is 3.42. The van der Waals surface area contributed by atoms with Crippen molar-refractivity contribution in [3.8, 4) is 0 Å². The summed E-state index contributed by atoms with van der Waals surface area (Å²) < 4.78 is 39.4. The molecule has 0 aliphatic carbocycles. The molecule has 0 heterocycles. The van der Waals surface area contributed by atoms with Crippen molar-refractivity contribution in [2.45, 2.75) is 17.4 Å². The van der Waals surface area contributed by atoms with E-state index >= 15 is 0 Å². The van der Waals surface area contributed by atoms with Gasteiger partial charge >= 0.3 is 0 Å². The van der Waals surface area contributed by atoms with Crippen LogP contribution in [0.5, 0.6) is 0 Å². The number of hydrogen-bond donors (Lipinski definition) is 3. The monoisotopic (exact) mass is 366 g/mol. The number of hydrogen-bond acceptors (Lipinski definition) is 4. The number of carbonyl (C=O) groups excluding carboxylic acids is 1. The Morgan fingerprint density at radius 3 is 2.52 bits per heavy atom. The zero-order valence-electron chi connectivity index (χ0n) is 13.4. The Kier molecular flexibility index (Phi) is 6.63. The van der Waals surface area contributed by atoms with Crippen molar-refractivity contribution in [1.82, 2.24) is 10.0 Å². The van der Waals surface area contributed by atoms with Crippen LogP contribution in [0.1, 0.15) is 18.1 Å². The molecule has 0 radical (unpaired) electrons. The van der Waals surface area contributed by atoms with E-state index in [0.717, 1.165) is 0 Å². The maximum Gasteiger partial charge on any atom is 0.240 e. The molecule has 2 aromatic rings. The van der Waals surface area contributed by atoms with Crippen LogP contribution in [-0.2, 0) is 14.8 Å². The summed E-state index contributed by atoms with van der Waals surface area (Å²) in [5.74, 6) is -0.899. The van der Waals surface area contributed by atoms with Crippen molar-refractivity contribution in [2.75, 3.05) is 13.1 Å². The van der Waals surface area contributed by atoms with Crippen molar-refractivity contribution in [3.63, 3.8) is 0 Å². The second-order valence-corrected chi connectivity index (χ2v) is 7.10. The number of rotatable bonds is 8. The quantitative estimate of drug-likeness (QED) is 0.657. The van der Waals surface area contributed by atoms with E-state index in [2.05, 4.69) is 10.0 Å². The highest BCUT2D eigenvalue weighted by atomic mass is 32.2. The number of amides is 1. The predicted octanol–water partition coefficient (Wildman–Crippen LogP) is 1.34. The number of aliphatic hydroxyl groups excluding tert-OH is 1. The second-order valence-electron chi connectivity index (χ2n) is 5.34. The molecule has 0 aromatic heterocycles. The molecule has 2 aromatic carbocycles. The molecule has 0 bridgehead atoms. The van der Waals surface area contributed by atoms with Crippen LogP contribution in [0.15, 0.2) is 59.5 Å². The van der Waals surface area contributed by atoms with E-state index in [1.165, 1.54) is 30.3 Å². The zero-order chi connectivity index (χ0) is 18.3. The standard InChI is InChI=1S/C17H19FN2O4S/c18-14-6-4-5-13(11-14)16(21)12-19-17(22)9-10-20-25(23,24)15-7-2-1-3-8-15/h1-8,11,16,20-21H,9-10,12H2,(H,19,22). The summed E-state index contributed by atoms with van der Waals surface area (Å²) in [6.45, 7) is -0.160. The van der Waals surface area contributed by atoms with E-state index in [9.17, 15) is 22.7 Å². The molecule has 1 unspecified atom stereocenters. The van der Waals surface area contributed by atoms with Crippen LogP contribution in [0.25, 0.3) is 0 Å². The third kappa shape index (κ3) is 5.93. The van der Waals surface area contributed by atoms with Crippen LogP contribution in [0.3, 0.4) is 0 Å². The van der Waals surface area contributed by atoms with Gasteiger partial charge in [-0.1, -0.05) is 30.3 Å². The first-order chi connectivity index (χ1) is 11.9. The highest BCUT2D eigenvalue weighted by Crippen LogP contribution is 2.13. The number of benzene rings is 2. The maximum atomic E-state index is 13.1. The highest BCUT2D eigenvalue weighted by Gasteiger charge is 2.14. The Morgan fingerprint density at radius 2 is 1.84 bits per heavy atom. The van der Waals surface area contributed by atoms with E-state index in [-0.39, 0.29) is 24.4 Å². The van der Waals surface area contributed by atoms with E-state index < -0.39 is 27.9 Å². The van der Waals surface area contributed by atoms with Gasteiger partial charge in [0.2, 0.25) is 15.9 Å². The minimum absolute atomic E-state index is 0.0703. The molecule has 0 saturated heterocycles. The van der Waals surface area contributed by atoms with Gasteiger partial charge in [-0.15, -0.1) is 0 Å². The van der Waals surface area contributed by atoms with Crippen LogP contribution in [-0.4, -0.2) is 32.5 Å². The minimum Gasteiger partial charge on any atom is -0.387 e. The normalized spacial score (nSPS) is 12.6. The van der Waals surface area contributed by atoms with Crippen LogP contribution >= 0.6 is 0 Å². The molecule has 2 rings (SSSR count). The number of carbonyl (C=O) groups is 1. The van der Waals surface area contributed by atoms with Crippen molar-refractivity contribution in [3.05, 3.63) is 66.0 Å². The average molecular weight is 366 g/mol. The van der Waals surface area contributed by atoms with Crippen LogP contribution < -0.4 is 10.0 Å². The zero-order valence-corrected chi connectivity index (χ0v) is 14.2. The van der Waals surface area contributed by atoms with Gasteiger partial charge in [-0.05, 0) is 29.8 Å². The fourth-order valence-electron chi connectivity index (χ4n) is 2.11. The van der Waals surface area contributed by atoms with Gasteiger partial charge in [0, 0.05) is 19.5 Å². The van der Waals surface area contributed by atoms with Crippen molar-refractivity contribution in [1.29, 1.82) is 0 Å². The van der Waals surface area contributed by atoms with E-state index in [1.54, 1.807) is 24.3 Å². The van der Waals surface area contributed by atoms with Gasteiger partial charge < -0.3 is 10.4 Å². The van der Waals surface area contributed by atoms with Crippen LogP contribution in [0, 0.1) is 5.82 Å². The average Bonchev–Trinajstić information content (AvgIpc) is 2.60. The minimum atomic E-state index is -3.66. The Balaban J connectivity index is 1.76. The molecule has 0 aliphatic rings. The van der Waals surface area contributed by atoms with Crippen molar-refractivity contribution < 1.29 is 22.7 Å². The molecule has 25 heavy (non-hydrogen) atoms. The fourth-order valence-corrected chi connectivity index (χ4v) is 3.17. The summed E-state index contributed by atoms with van der Waals surface area (Å²) in [6, 6.07) is 13.3. The van der Waals surface area contributed by atoms with Crippen LogP contribution in [0.4, 0.5) is 4.39 Å². The van der Waals surface area contributed by atoms with Crippen LogP contribution in [0.2, 0.25) is 0 Å². The van der Waals surface area contributed by atoms with E-state index in [1.807, 2.05) is 0 Å². The number of sulfonamides is 1. The Morgan fingerprint density at radius 1 is 1.12 bits per heavy atom. The SMILES string of the molecule is O=C(CCNS(=O)(=O)c1ccccc1)NCC(O)c1cccc(F)c1. The number of halogens is 1. The molecule has 3 N–H and O–H groups in total. The number of aliphatic hydroxyl groups is 1. The van der Waals surface area contributed by atoms with Gasteiger partial charge in [0.05, 0.1) is 11.0 Å². The molecule has 0 aliphatic heterocycles. The molecule has 0 spiro atoms. The molecule has 8 heteroatoms. The summed E-state index contributed by atoms with van der Waals surface area (Å²) in [5.41, 5.74) is 0.352. The Hall–Kier alpha value is -2.29. The summed E-state index contributed by atoms with van der Waals surface area (Å²) in [7, 11) is -3.66. The molecular formula is C17H19FN2O4S. The summed E-state index contributed by atoms with van der Waals surface area (Å²) >= 11 is 0. The molecule has 0 fully saturated rings. The Labute approximate surface area is 145 Å². The fraction of sp³-hybridized carbons (Fsp3) is 0.235. The van der Waals surface area contributed by atoms with E-state index in [4.69, 9.17) is 0 Å². The van der Waals surface area contributed by atoms with Gasteiger partial charge in [-0.3, -0.25) is 4.79 Å². The lowest BCUT2D eigenvalue weighted by Gasteiger charge is -2.12. The predicted molar refractivity (Wildman–Crippen MR) is 90.6 cm³/mol. The lowest BCUT2D eigenvalue weighted by atomic mass is 10.1. The molecule has 0 saturated carbocycles. The first kappa shape index (κ1) is 19.0. The molecule has 134 valence electrons. The first-order valence-electron chi connectivity index (χ1n) is 7.63. The van der Waals surface area contributed by atoms with Gasteiger partial charge in [-0.2, -0.15) is 0 Å². The second kappa shape index (κ2) is 8.70. The lowest BCUT2D eigenvalue weighted by molar-refractivity contribution is -0.121. The van der Waals surface area contributed by atoms with Gasteiger partial charge in [-0.25, -0.2) is 17.5 Å². The largest absolute Gasteiger partial charge is 0.387 e. The van der Waals surface area contributed by atoms with Gasteiger partial charge in [0.25, 0.3) is 0 Å². The molecule has 1 amide bonds. The first-order valence-corrected chi connectivity index (χ1v) is 9.12. The van der Waals surface area contributed by atoms with Gasteiger partial charge in [0.1, 0.15) is 5.82 Å². The summed E-state index contributed by atoms with van der Waals surface area (Å²) in [6.07, 6.45) is -1.12. The lowest BCUT2D eigenvalue weighted by Crippen LogP contribution is -2.32. The third-order valence-corrected chi connectivity index (χ3v) is 4.90. The molecular weight excluding hydrogens is 347 g/mol.